The van der Waals surface area contributed by atoms with Crippen LogP contribution in [-0.2, 0) is 0 Å². The Kier molecular flexibility index (Phi) is 6.09. The molecule has 2 heteroatoms. The number of para-hydroxylation sites is 1. The van der Waals surface area contributed by atoms with Crippen LogP contribution in [0.25, 0.3) is 120 Å². The van der Waals surface area contributed by atoms with Crippen LogP contribution in [0.2, 0.25) is 0 Å². The molecule has 250 valence electrons. The Balaban J connectivity index is 1.12. The van der Waals surface area contributed by atoms with E-state index in [2.05, 4.69) is 170 Å². The third-order valence-corrected chi connectivity index (χ3v) is 11.4. The van der Waals surface area contributed by atoms with Crippen molar-refractivity contribution >= 4 is 87.0 Å². The monoisotopic (exact) mass is 686 g/mol. The van der Waals surface area contributed by atoms with Gasteiger partial charge in [-0.25, -0.2) is 0 Å². The van der Waals surface area contributed by atoms with Gasteiger partial charge in [-0.05, 0) is 107 Å². The molecular weight excluding hydrogens is 657 g/mol. The molecule has 2 heterocycles. The second-order valence-electron chi connectivity index (χ2n) is 14.3. The van der Waals surface area contributed by atoms with E-state index in [1.165, 1.54) is 54.6 Å². The highest BCUT2D eigenvalue weighted by Gasteiger charge is 2.21. The number of rotatable bonds is 3. The normalized spacial score (nSPS) is 12.1. The molecule has 10 aromatic carbocycles. The van der Waals surface area contributed by atoms with E-state index < -0.39 is 0 Å². The van der Waals surface area contributed by atoms with Crippen LogP contribution in [0.5, 0.6) is 0 Å². The molecular formula is C52H30O2. The summed E-state index contributed by atoms with van der Waals surface area (Å²) in [5.41, 5.74) is 10.7. The second kappa shape index (κ2) is 11.2. The number of furan rings is 2. The highest BCUT2D eigenvalue weighted by Crippen LogP contribution is 2.47. The fourth-order valence-electron chi connectivity index (χ4n) is 9.04. The molecule has 0 aliphatic rings. The van der Waals surface area contributed by atoms with Gasteiger partial charge in [0.2, 0.25) is 0 Å². The van der Waals surface area contributed by atoms with Crippen molar-refractivity contribution < 1.29 is 8.83 Å². The minimum absolute atomic E-state index is 0.831. The molecule has 2 aromatic heterocycles. The van der Waals surface area contributed by atoms with Crippen molar-refractivity contribution in [2.75, 3.05) is 0 Å². The SMILES string of the molecule is c1cc(-c2c3ccccc3c(-c3ccc4ccccc4c3)c3ccccc23)cc(-c2cc3c(oc4ccc5c6ccccc6oc5c43)c3ccccc23)c1. The third kappa shape index (κ3) is 4.17. The minimum atomic E-state index is 0.831. The van der Waals surface area contributed by atoms with Gasteiger partial charge in [-0.1, -0.05) is 146 Å². The Labute approximate surface area is 310 Å². The molecule has 0 unspecified atom stereocenters. The lowest BCUT2D eigenvalue weighted by molar-refractivity contribution is 0.665. The summed E-state index contributed by atoms with van der Waals surface area (Å²) in [6.45, 7) is 0. The lowest BCUT2D eigenvalue weighted by Gasteiger charge is -2.18. The molecule has 0 N–H and O–H groups in total. The average Bonchev–Trinajstić information content (AvgIpc) is 3.81. The van der Waals surface area contributed by atoms with Crippen molar-refractivity contribution in [3.05, 3.63) is 182 Å². The maximum Gasteiger partial charge on any atom is 0.147 e. The first kappa shape index (κ1) is 29.4. The van der Waals surface area contributed by atoms with Crippen LogP contribution >= 0.6 is 0 Å². The van der Waals surface area contributed by atoms with Gasteiger partial charge in [0.25, 0.3) is 0 Å². The largest absolute Gasteiger partial charge is 0.455 e. The third-order valence-electron chi connectivity index (χ3n) is 11.4. The predicted octanol–water partition coefficient (Wildman–Crippen LogP) is 15.1. The summed E-state index contributed by atoms with van der Waals surface area (Å²) < 4.78 is 13.2. The van der Waals surface area contributed by atoms with Crippen molar-refractivity contribution in [3.63, 3.8) is 0 Å². The fraction of sp³-hybridized carbons (Fsp3) is 0. The summed E-state index contributed by atoms with van der Waals surface area (Å²) in [5.74, 6) is 0. The van der Waals surface area contributed by atoms with Crippen molar-refractivity contribution in [2.45, 2.75) is 0 Å². The summed E-state index contributed by atoms with van der Waals surface area (Å²) in [7, 11) is 0. The molecule has 0 spiro atoms. The second-order valence-corrected chi connectivity index (χ2v) is 14.3. The predicted molar refractivity (Wildman–Crippen MR) is 227 cm³/mol. The van der Waals surface area contributed by atoms with Crippen LogP contribution in [0.4, 0.5) is 0 Å². The van der Waals surface area contributed by atoms with Crippen LogP contribution < -0.4 is 0 Å². The summed E-state index contributed by atoms with van der Waals surface area (Å²) in [5, 5.41) is 14.0. The maximum absolute atomic E-state index is 6.66. The molecule has 0 saturated carbocycles. The quantitative estimate of drug-likeness (QED) is 0.173. The lowest BCUT2D eigenvalue weighted by atomic mass is 9.85. The molecule has 0 bridgehead atoms. The molecule has 54 heavy (non-hydrogen) atoms. The summed E-state index contributed by atoms with van der Waals surface area (Å²) in [4.78, 5) is 0. The Hall–Kier alpha value is -7.16. The van der Waals surface area contributed by atoms with Gasteiger partial charge < -0.3 is 8.83 Å². The van der Waals surface area contributed by atoms with E-state index in [4.69, 9.17) is 8.83 Å². The number of fused-ring (bicyclic) bond motifs is 12. The zero-order chi connectivity index (χ0) is 35.3. The van der Waals surface area contributed by atoms with E-state index in [-0.39, 0.29) is 0 Å². The van der Waals surface area contributed by atoms with E-state index in [9.17, 15) is 0 Å². The van der Waals surface area contributed by atoms with E-state index in [1.807, 2.05) is 12.1 Å². The van der Waals surface area contributed by atoms with E-state index in [1.54, 1.807) is 0 Å². The summed E-state index contributed by atoms with van der Waals surface area (Å²) in [6.07, 6.45) is 0. The molecule has 2 nitrogen and oxygen atoms in total. The molecule has 12 aromatic rings. The lowest BCUT2D eigenvalue weighted by Crippen LogP contribution is -1.91. The molecule has 0 amide bonds. The van der Waals surface area contributed by atoms with Gasteiger partial charge in [0.15, 0.2) is 0 Å². The van der Waals surface area contributed by atoms with Crippen molar-refractivity contribution in [2.24, 2.45) is 0 Å². The van der Waals surface area contributed by atoms with Crippen LogP contribution in [0.15, 0.2) is 191 Å². The number of hydrogen-bond acceptors (Lipinski definition) is 2. The molecule has 0 fully saturated rings. The van der Waals surface area contributed by atoms with Gasteiger partial charge >= 0.3 is 0 Å². The zero-order valence-corrected chi connectivity index (χ0v) is 29.1. The van der Waals surface area contributed by atoms with Crippen LogP contribution in [-0.4, -0.2) is 0 Å². The van der Waals surface area contributed by atoms with Crippen molar-refractivity contribution in [1.82, 2.24) is 0 Å². The smallest absolute Gasteiger partial charge is 0.147 e. The van der Waals surface area contributed by atoms with Crippen LogP contribution in [0.3, 0.4) is 0 Å². The van der Waals surface area contributed by atoms with Gasteiger partial charge in [-0.3, -0.25) is 0 Å². The first-order valence-corrected chi connectivity index (χ1v) is 18.5. The van der Waals surface area contributed by atoms with Crippen LogP contribution in [0.1, 0.15) is 0 Å². The molecule has 12 rings (SSSR count). The Morgan fingerprint density at radius 1 is 0.278 bits per heavy atom. The van der Waals surface area contributed by atoms with E-state index in [0.717, 1.165) is 65.8 Å². The summed E-state index contributed by atoms with van der Waals surface area (Å²) in [6, 6.07) is 65.7. The van der Waals surface area contributed by atoms with Gasteiger partial charge in [0.1, 0.15) is 22.3 Å². The van der Waals surface area contributed by atoms with Gasteiger partial charge in [-0.15, -0.1) is 0 Å². The van der Waals surface area contributed by atoms with E-state index in [0.29, 0.717) is 0 Å². The highest BCUT2D eigenvalue weighted by atomic mass is 16.3. The maximum atomic E-state index is 6.66. The standard InChI is InChI=1S/C52H30O2/c1-2-13-32-28-35(25-24-31(32)12-1)49-40-20-6-4-18-38(40)48(39-19-5-7-21-41(39)49)34-15-11-14-33(29-34)44-30-45-50-47(54-51(45)42-22-8-3-16-36(42)44)27-26-43-37-17-9-10-23-46(37)53-52(43)50/h1-30H. The number of hydrogen-bond donors (Lipinski definition) is 0. The fourth-order valence-corrected chi connectivity index (χ4v) is 9.04. The Morgan fingerprint density at radius 2 is 0.833 bits per heavy atom. The summed E-state index contributed by atoms with van der Waals surface area (Å²) >= 11 is 0. The zero-order valence-electron chi connectivity index (χ0n) is 29.1. The van der Waals surface area contributed by atoms with Crippen molar-refractivity contribution in [3.8, 4) is 33.4 Å². The molecule has 0 aliphatic carbocycles. The molecule has 0 aliphatic heterocycles. The minimum Gasteiger partial charge on any atom is -0.455 e. The first-order chi connectivity index (χ1) is 26.8. The molecule has 0 saturated heterocycles. The molecule has 0 atom stereocenters. The Bertz CT molecular complexity index is 3450. The number of benzene rings is 10. The van der Waals surface area contributed by atoms with Gasteiger partial charge in [0.05, 0.1) is 5.39 Å². The molecule has 0 radical (unpaired) electrons. The van der Waals surface area contributed by atoms with Crippen LogP contribution in [0, 0.1) is 0 Å². The topological polar surface area (TPSA) is 26.3 Å². The van der Waals surface area contributed by atoms with Gasteiger partial charge in [-0.2, -0.15) is 0 Å². The average molecular weight is 687 g/mol. The van der Waals surface area contributed by atoms with Gasteiger partial charge in [0, 0.05) is 21.5 Å². The van der Waals surface area contributed by atoms with Crippen molar-refractivity contribution in [1.29, 1.82) is 0 Å². The Morgan fingerprint density at radius 3 is 1.57 bits per heavy atom. The first-order valence-electron chi connectivity index (χ1n) is 18.5. The van der Waals surface area contributed by atoms with E-state index >= 15 is 0 Å². The highest BCUT2D eigenvalue weighted by molar-refractivity contribution is 6.27.